The minimum absolute atomic E-state index is 0.452. The zero-order valence-corrected chi connectivity index (χ0v) is 12.3. The second-order valence-corrected chi connectivity index (χ2v) is 6.26. The third-order valence-electron chi connectivity index (χ3n) is 4.20. The molecule has 1 N–H and O–H groups in total. The summed E-state index contributed by atoms with van der Waals surface area (Å²) in [4.78, 5) is 18.0. The number of anilines is 1. The molecule has 1 aliphatic rings. The molecule has 0 amide bonds. The number of carbonyl (C=O) groups is 1. The van der Waals surface area contributed by atoms with E-state index in [0.717, 1.165) is 35.3 Å². The van der Waals surface area contributed by atoms with Crippen molar-refractivity contribution in [1.29, 1.82) is 0 Å². The van der Waals surface area contributed by atoms with Crippen molar-refractivity contribution in [2.75, 3.05) is 11.4 Å². The van der Waals surface area contributed by atoms with Crippen molar-refractivity contribution in [1.82, 2.24) is 4.98 Å². The number of hydrogen-bond acceptors (Lipinski definition) is 4. The number of pyridine rings is 1. The molecule has 4 nitrogen and oxygen atoms in total. The Morgan fingerprint density at radius 1 is 1.55 bits per heavy atom. The van der Waals surface area contributed by atoms with Gasteiger partial charge in [-0.2, -0.15) is 0 Å². The molecule has 0 aliphatic carbocycles. The molecule has 0 spiro atoms. The number of nitrogens with zero attached hydrogens (tertiary/aromatic N) is 2. The van der Waals surface area contributed by atoms with Gasteiger partial charge in [0.1, 0.15) is 11.9 Å². The number of hydrogen-bond donors (Lipinski definition) is 1. The largest absolute Gasteiger partial charge is 0.480 e. The van der Waals surface area contributed by atoms with E-state index in [1.54, 1.807) is 17.5 Å². The van der Waals surface area contributed by atoms with Gasteiger partial charge < -0.3 is 10.0 Å². The molecule has 5 heteroatoms. The number of thiophene rings is 1. The predicted molar refractivity (Wildman–Crippen MR) is 81.4 cm³/mol. The standard InChI is InChI=1S/C15H18N2O2S/c1-2-10-4-7-17(12(9-10)15(18)19)14-11-5-8-20-13(11)3-6-16-14/h3,5-6,8,10,12H,2,4,7,9H2,1H3,(H,18,19). The first-order valence-corrected chi connectivity index (χ1v) is 7.90. The minimum Gasteiger partial charge on any atom is -0.480 e. The number of aliphatic carboxylic acids is 1. The first-order chi connectivity index (χ1) is 9.70. The number of rotatable bonds is 3. The molecule has 106 valence electrons. The second kappa shape index (κ2) is 5.40. The van der Waals surface area contributed by atoms with Gasteiger partial charge in [-0.15, -0.1) is 11.3 Å². The van der Waals surface area contributed by atoms with Crippen LogP contribution in [0.25, 0.3) is 10.1 Å². The molecular weight excluding hydrogens is 272 g/mol. The summed E-state index contributed by atoms with van der Waals surface area (Å²) < 4.78 is 1.16. The summed E-state index contributed by atoms with van der Waals surface area (Å²) in [7, 11) is 0. The fourth-order valence-corrected chi connectivity index (χ4v) is 3.78. The van der Waals surface area contributed by atoms with E-state index >= 15 is 0 Å². The Morgan fingerprint density at radius 3 is 3.15 bits per heavy atom. The third-order valence-corrected chi connectivity index (χ3v) is 5.09. The molecular formula is C15H18N2O2S. The van der Waals surface area contributed by atoms with Crippen molar-refractivity contribution >= 4 is 33.2 Å². The number of piperidine rings is 1. The molecule has 20 heavy (non-hydrogen) atoms. The molecule has 0 radical (unpaired) electrons. The molecule has 2 aromatic rings. The van der Waals surface area contributed by atoms with Crippen LogP contribution < -0.4 is 4.90 Å². The molecule has 3 rings (SSSR count). The van der Waals surface area contributed by atoms with Crippen molar-refractivity contribution in [2.45, 2.75) is 32.2 Å². The zero-order chi connectivity index (χ0) is 14.1. The lowest BCUT2D eigenvalue weighted by Gasteiger charge is -2.38. The average Bonchev–Trinajstić information content (AvgIpc) is 2.95. The van der Waals surface area contributed by atoms with Crippen molar-refractivity contribution < 1.29 is 9.90 Å². The first-order valence-electron chi connectivity index (χ1n) is 7.02. The predicted octanol–water partition coefficient (Wildman–Crippen LogP) is 3.38. The van der Waals surface area contributed by atoms with Crippen LogP contribution in [0.15, 0.2) is 23.7 Å². The van der Waals surface area contributed by atoms with Crippen LogP contribution >= 0.6 is 11.3 Å². The maximum Gasteiger partial charge on any atom is 0.326 e. The van der Waals surface area contributed by atoms with Gasteiger partial charge in [0.05, 0.1) is 0 Å². The molecule has 2 atom stereocenters. The van der Waals surface area contributed by atoms with E-state index in [1.165, 1.54) is 0 Å². The summed E-state index contributed by atoms with van der Waals surface area (Å²) in [5, 5.41) is 12.6. The highest BCUT2D eigenvalue weighted by atomic mass is 32.1. The third kappa shape index (κ3) is 2.26. The number of carboxylic acid groups (broad SMARTS) is 1. The van der Waals surface area contributed by atoms with E-state index in [9.17, 15) is 9.90 Å². The van der Waals surface area contributed by atoms with Crippen LogP contribution in [0.1, 0.15) is 26.2 Å². The normalized spacial score (nSPS) is 23.1. The Hall–Kier alpha value is -1.62. The van der Waals surface area contributed by atoms with E-state index in [1.807, 2.05) is 22.4 Å². The second-order valence-electron chi connectivity index (χ2n) is 5.31. The van der Waals surface area contributed by atoms with Crippen LogP contribution in [0.3, 0.4) is 0 Å². The monoisotopic (exact) mass is 290 g/mol. The smallest absolute Gasteiger partial charge is 0.326 e. The van der Waals surface area contributed by atoms with Gasteiger partial charge in [-0.05, 0) is 36.3 Å². The van der Waals surface area contributed by atoms with Crippen molar-refractivity contribution in [2.24, 2.45) is 5.92 Å². The van der Waals surface area contributed by atoms with Crippen molar-refractivity contribution in [3.8, 4) is 0 Å². The maximum atomic E-state index is 11.6. The highest BCUT2D eigenvalue weighted by Gasteiger charge is 2.34. The molecule has 0 bridgehead atoms. The van der Waals surface area contributed by atoms with E-state index in [4.69, 9.17) is 0 Å². The van der Waals surface area contributed by atoms with E-state index in [2.05, 4.69) is 11.9 Å². The topological polar surface area (TPSA) is 53.4 Å². The SMILES string of the molecule is CCC1CCN(c2nccc3sccc23)C(C(=O)O)C1. The van der Waals surface area contributed by atoms with Crippen LogP contribution in [0.2, 0.25) is 0 Å². The Bertz CT molecular complexity index is 625. The summed E-state index contributed by atoms with van der Waals surface area (Å²) in [5.41, 5.74) is 0. The zero-order valence-electron chi connectivity index (χ0n) is 11.5. The fourth-order valence-electron chi connectivity index (χ4n) is 3.01. The van der Waals surface area contributed by atoms with Crippen LogP contribution in [0, 0.1) is 5.92 Å². The lowest BCUT2D eigenvalue weighted by atomic mass is 9.89. The van der Waals surface area contributed by atoms with Crippen LogP contribution in [-0.4, -0.2) is 28.6 Å². The van der Waals surface area contributed by atoms with Gasteiger partial charge in [0.2, 0.25) is 0 Å². The molecule has 0 aromatic carbocycles. The Labute approximate surface area is 122 Å². The average molecular weight is 290 g/mol. The summed E-state index contributed by atoms with van der Waals surface area (Å²) in [6, 6.07) is 3.57. The Morgan fingerprint density at radius 2 is 2.40 bits per heavy atom. The molecule has 1 aliphatic heterocycles. The van der Waals surface area contributed by atoms with Gasteiger partial charge in [-0.3, -0.25) is 0 Å². The van der Waals surface area contributed by atoms with Gasteiger partial charge >= 0.3 is 5.97 Å². The highest BCUT2D eigenvalue weighted by molar-refractivity contribution is 7.17. The lowest BCUT2D eigenvalue weighted by molar-refractivity contribution is -0.139. The van der Waals surface area contributed by atoms with E-state index in [-0.39, 0.29) is 0 Å². The van der Waals surface area contributed by atoms with E-state index in [0.29, 0.717) is 12.3 Å². The first kappa shape index (κ1) is 13.4. The molecule has 0 saturated carbocycles. The Balaban J connectivity index is 1.99. The van der Waals surface area contributed by atoms with Gasteiger partial charge in [-0.1, -0.05) is 13.3 Å². The maximum absolute atomic E-state index is 11.6. The quantitative estimate of drug-likeness (QED) is 0.941. The van der Waals surface area contributed by atoms with E-state index < -0.39 is 12.0 Å². The molecule has 2 unspecified atom stereocenters. The lowest BCUT2D eigenvalue weighted by Crippen LogP contribution is -2.47. The number of fused-ring (bicyclic) bond motifs is 1. The fraction of sp³-hybridized carbons (Fsp3) is 0.467. The number of aromatic nitrogens is 1. The van der Waals surface area contributed by atoms with Gasteiger partial charge in [0.15, 0.2) is 0 Å². The molecule has 2 aromatic heterocycles. The highest BCUT2D eigenvalue weighted by Crippen LogP contribution is 2.34. The van der Waals surface area contributed by atoms with Crippen LogP contribution in [0.4, 0.5) is 5.82 Å². The minimum atomic E-state index is -0.739. The van der Waals surface area contributed by atoms with Crippen molar-refractivity contribution in [3.63, 3.8) is 0 Å². The van der Waals surface area contributed by atoms with Crippen LogP contribution in [0.5, 0.6) is 0 Å². The summed E-state index contributed by atoms with van der Waals surface area (Å²) >= 11 is 1.67. The molecule has 1 saturated heterocycles. The van der Waals surface area contributed by atoms with Crippen molar-refractivity contribution in [3.05, 3.63) is 23.7 Å². The summed E-state index contributed by atoms with van der Waals surface area (Å²) in [6.45, 7) is 2.91. The summed E-state index contributed by atoms with van der Waals surface area (Å²) in [6.07, 6.45) is 4.59. The van der Waals surface area contributed by atoms with Gasteiger partial charge in [0, 0.05) is 22.8 Å². The number of carboxylic acids is 1. The molecule has 1 fully saturated rings. The van der Waals surface area contributed by atoms with Crippen LogP contribution in [-0.2, 0) is 4.79 Å². The summed E-state index contributed by atoms with van der Waals surface area (Å²) in [5.74, 6) is 0.594. The van der Waals surface area contributed by atoms with Gasteiger partial charge in [0.25, 0.3) is 0 Å². The van der Waals surface area contributed by atoms with Gasteiger partial charge in [-0.25, -0.2) is 9.78 Å². The Kier molecular flexibility index (Phi) is 3.61. The molecule has 3 heterocycles.